The number of hydrogen-bond donors (Lipinski definition) is 2. The molecule has 0 fully saturated rings. The number of carbonyl (C=O) groups excluding carboxylic acids is 1. The molecule has 0 saturated carbocycles. The van der Waals surface area contributed by atoms with Gasteiger partial charge in [-0.3, -0.25) is 16.1 Å². The van der Waals surface area contributed by atoms with Crippen molar-refractivity contribution in [1.82, 2.24) is 5.43 Å². The molecule has 114 valence electrons. The fourth-order valence-corrected chi connectivity index (χ4v) is 2.03. The first kappa shape index (κ1) is 18.5. The molecule has 0 bridgehead atoms. The van der Waals surface area contributed by atoms with Gasteiger partial charge in [0, 0.05) is 26.2 Å². The van der Waals surface area contributed by atoms with Crippen LogP contribution in [0.3, 0.4) is 0 Å². The number of ether oxygens (including phenoxy) is 2. The Hall–Kier alpha value is -0.490. The first-order chi connectivity index (χ1) is 8.87. The number of Topliss-reactive ketones (excluding diaryl/α,β-unsaturated/α-hetero) is 1. The fraction of sp³-hybridized carbons (Fsp3) is 0.929. The van der Waals surface area contributed by atoms with Crippen LogP contribution in [0.25, 0.3) is 0 Å². The minimum absolute atomic E-state index is 0.0973. The zero-order valence-corrected chi connectivity index (χ0v) is 12.8. The van der Waals surface area contributed by atoms with Gasteiger partial charge in [0.15, 0.2) is 0 Å². The van der Waals surface area contributed by atoms with Gasteiger partial charge < -0.3 is 9.47 Å². The number of nitrogens with two attached hydrogens (primary N) is 1. The first-order valence-corrected chi connectivity index (χ1v) is 7.06. The summed E-state index contributed by atoms with van der Waals surface area (Å²) in [6.45, 7) is 9.77. The minimum Gasteiger partial charge on any atom is -0.381 e. The summed E-state index contributed by atoms with van der Waals surface area (Å²) in [6, 6.07) is 0. The Morgan fingerprint density at radius 3 is 2.58 bits per heavy atom. The molecule has 0 aliphatic heterocycles. The van der Waals surface area contributed by atoms with Gasteiger partial charge in [0.05, 0.1) is 11.7 Å². The number of unbranched alkanes of at least 4 members (excludes halogenated alkanes) is 1. The van der Waals surface area contributed by atoms with E-state index in [1.54, 1.807) is 6.92 Å². The van der Waals surface area contributed by atoms with Crippen LogP contribution in [-0.2, 0) is 14.3 Å². The second-order valence-electron chi connectivity index (χ2n) is 5.63. The van der Waals surface area contributed by atoms with E-state index in [0.717, 1.165) is 32.4 Å². The first-order valence-electron chi connectivity index (χ1n) is 7.06. The Balaban J connectivity index is 3.58. The van der Waals surface area contributed by atoms with Crippen molar-refractivity contribution in [2.45, 2.75) is 65.1 Å². The van der Waals surface area contributed by atoms with Gasteiger partial charge in [-0.15, -0.1) is 0 Å². The molecule has 1 unspecified atom stereocenters. The molecule has 0 saturated heterocycles. The van der Waals surface area contributed by atoms with E-state index >= 15 is 0 Å². The van der Waals surface area contributed by atoms with Gasteiger partial charge in [-0.2, -0.15) is 0 Å². The Bertz CT molecular complexity index is 245. The molecule has 0 aromatic heterocycles. The van der Waals surface area contributed by atoms with Crippen LogP contribution in [0.1, 0.15) is 53.4 Å². The molecule has 0 aliphatic carbocycles. The average molecular weight is 274 g/mol. The van der Waals surface area contributed by atoms with Crippen molar-refractivity contribution in [1.29, 1.82) is 0 Å². The molecule has 5 nitrogen and oxygen atoms in total. The molecule has 0 aliphatic rings. The zero-order valence-electron chi connectivity index (χ0n) is 12.8. The monoisotopic (exact) mass is 274 g/mol. The van der Waals surface area contributed by atoms with E-state index in [2.05, 4.69) is 5.43 Å². The lowest BCUT2D eigenvalue weighted by Gasteiger charge is -2.28. The van der Waals surface area contributed by atoms with E-state index < -0.39 is 5.60 Å². The van der Waals surface area contributed by atoms with Crippen molar-refractivity contribution in [3.05, 3.63) is 0 Å². The summed E-state index contributed by atoms with van der Waals surface area (Å²) in [6.07, 6.45) is 3.42. The Morgan fingerprint density at radius 1 is 1.32 bits per heavy atom. The maximum Gasteiger partial charge on any atom is 0.132 e. The molecule has 0 heterocycles. The maximum absolute atomic E-state index is 11.1. The predicted octanol–water partition coefficient (Wildman–Crippen LogP) is 1.80. The summed E-state index contributed by atoms with van der Waals surface area (Å²) in [4.78, 5) is 11.1. The third-order valence-electron chi connectivity index (χ3n) is 2.72. The zero-order chi connectivity index (χ0) is 14.7. The smallest absolute Gasteiger partial charge is 0.132 e. The van der Waals surface area contributed by atoms with Crippen molar-refractivity contribution in [3.63, 3.8) is 0 Å². The average Bonchev–Trinajstić information content (AvgIpc) is 2.25. The van der Waals surface area contributed by atoms with E-state index in [9.17, 15) is 4.79 Å². The van der Waals surface area contributed by atoms with Crippen molar-refractivity contribution in [3.8, 4) is 0 Å². The number of ketones is 1. The van der Waals surface area contributed by atoms with Crippen LogP contribution in [0, 0.1) is 0 Å². The standard InChI is InChI=1S/C14H30N2O3/c1-12(17)11-14(3,4)19-13(2)7-10-18-9-6-5-8-16-15/h13,16H,5-11,15H2,1-4H3. The van der Waals surface area contributed by atoms with Crippen LogP contribution in [0.4, 0.5) is 0 Å². The molecule has 0 spiro atoms. The summed E-state index contributed by atoms with van der Waals surface area (Å²) in [5, 5.41) is 0. The van der Waals surface area contributed by atoms with E-state index in [0.29, 0.717) is 13.0 Å². The van der Waals surface area contributed by atoms with Crippen LogP contribution < -0.4 is 11.3 Å². The molecule has 3 N–H and O–H groups in total. The number of hydrazine groups is 1. The van der Waals surface area contributed by atoms with Gasteiger partial charge in [0.25, 0.3) is 0 Å². The molecule has 5 heteroatoms. The normalized spacial score (nSPS) is 13.5. The molecule has 0 aromatic carbocycles. The lowest BCUT2D eigenvalue weighted by Crippen LogP contribution is -2.32. The van der Waals surface area contributed by atoms with E-state index in [4.69, 9.17) is 15.3 Å². The lowest BCUT2D eigenvalue weighted by molar-refractivity contribution is -0.127. The predicted molar refractivity (Wildman–Crippen MR) is 76.8 cm³/mol. The van der Waals surface area contributed by atoms with Gasteiger partial charge in [0.2, 0.25) is 0 Å². The molecular weight excluding hydrogens is 244 g/mol. The van der Waals surface area contributed by atoms with Crippen LogP contribution >= 0.6 is 0 Å². The second kappa shape index (κ2) is 10.3. The van der Waals surface area contributed by atoms with Gasteiger partial charge >= 0.3 is 0 Å². The summed E-state index contributed by atoms with van der Waals surface area (Å²) in [5.74, 6) is 5.33. The SMILES string of the molecule is CC(=O)CC(C)(C)OC(C)CCOCCCCNN. The van der Waals surface area contributed by atoms with Gasteiger partial charge in [0.1, 0.15) is 5.78 Å². The Morgan fingerprint density at radius 2 is 2.00 bits per heavy atom. The topological polar surface area (TPSA) is 73.6 Å². The lowest BCUT2D eigenvalue weighted by atomic mass is 10.0. The quantitative estimate of drug-likeness (QED) is 0.322. The molecule has 0 aromatic rings. The maximum atomic E-state index is 11.1. The minimum atomic E-state index is -0.391. The van der Waals surface area contributed by atoms with Gasteiger partial charge in [-0.25, -0.2) is 0 Å². The second-order valence-corrected chi connectivity index (χ2v) is 5.63. The fourth-order valence-electron chi connectivity index (χ4n) is 2.03. The van der Waals surface area contributed by atoms with E-state index in [1.165, 1.54) is 0 Å². The van der Waals surface area contributed by atoms with Gasteiger partial charge in [-0.1, -0.05) is 0 Å². The van der Waals surface area contributed by atoms with E-state index in [-0.39, 0.29) is 11.9 Å². The number of hydrogen-bond acceptors (Lipinski definition) is 5. The highest BCUT2D eigenvalue weighted by Crippen LogP contribution is 2.18. The molecule has 1 atom stereocenters. The van der Waals surface area contributed by atoms with Crippen LogP contribution in [0.15, 0.2) is 0 Å². The third-order valence-corrected chi connectivity index (χ3v) is 2.72. The summed E-state index contributed by atoms with van der Waals surface area (Å²) in [5.41, 5.74) is 2.22. The van der Waals surface area contributed by atoms with Crippen molar-refractivity contribution in [2.75, 3.05) is 19.8 Å². The van der Waals surface area contributed by atoms with Crippen LogP contribution in [0.2, 0.25) is 0 Å². The van der Waals surface area contributed by atoms with E-state index in [1.807, 2.05) is 20.8 Å². The third kappa shape index (κ3) is 12.3. The highest BCUT2D eigenvalue weighted by atomic mass is 16.5. The Labute approximate surface area is 117 Å². The van der Waals surface area contributed by atoms with Crippen molar-refractivity contribution in [2.24, 2.45) is 5.84 Å². The molecular formula is C14H30N2O3. The van der Waals surface area contributed by atoms with Crippen LogP contribution in [-0.4, -0.2) is 37.2 Å². The molecule has 0 amide bonds. The number of carbonyl (C=O) groups is 1. The van der Waals surface area contributed by atoms with Crippen molar-refractivity contribution >= 4 is 5.78 Å². The highest BCUT2D eigenvalue weighted by molar-refractivity contribution is 5.76. The summed E-state index contributed by atoms with van der Waals surface area (Å²) < 4.78 is 11.4. The van der Waals surface area contributed by atoms with Crippen molar-refractivity contribution < 1.29 is 14.3 Å². The number of rotatable bonds is 12. The molecule has 19 heavy (non-hydrogen) atoms. The Kier molecular flexibility index (Phi) is 10.0. The summed E-state index contributed by atoms with van der Waals surface area (Å²) in [7, 11) is 0. The van der Waals surface area contributed by atoms with Gasteiger partial charge in [-0.05, 0) is 47.0 Å². The highest BCUT2D eigenvalue weighted by Gasteiger charge is 2.23. The molecule has 0 rings (SSSR count). The molecule has 0 radical (unpaired) electrons. The summed E-state index contributed by atoms with van der Waals surface area (Å²) >= 11 is 0. The van der Waals surface area contributed by atoms with Crippen LogP contribution in [0.5, 0.6) is 0 Å². The largest absolute Gasteiger partial charge is 0.381 e. The number of nitrogens with one attached hydrogen (secondary N) is 1.